The van der Waals surface area contributed by atoms with Gasteiger partial charge in [-0.15, -0.1) is 0 Å². The van der Waals surface area contributed by atoms with Gasteiger partial charge in [-0.25, -0.2) is 8.78 Å². The first-order valence-electron chi connectivity index (χ1n) is 28.5. The van der Waals surface area contributed by atoms with Crippen LogP contribution < -0.4 is 14.0 Å². The Hall–Kier alpha value is -5.71. The summed E-state index contributed by atoms with van der Waals surface area (Å²) in [6.45, 7) is 39.7. The van der Waals surface area contributed by atoms with E-state index in [0.29, 0.717) is 69.1 Å². The predicted molar refractivity (Wildman–Crippen MR) is 340 cm³/mol. The van der Waals surface area contributed by atoms with Gasteiger partial charge in [0.1, 0.15) is 28.9 Å². The van der Waals surface area contributed by atoms with Crippen LogP contribution in [-0.4, -0.2) is 28.0 Å². The van der Waals surface area contributed by atoms with Gasteiger partial charge in [0.25, 0.3) is 5.69 Å². The molecular formula is C71H85Br2F2N2O4+. The van der Waals surface area contributed by atoms with E-state index in [-0.39, 0.29) is 57.2 Å². The summed E-state index contributed by atoms with van der Waals surface area (Å²) in [5.41, 5.74) is 9.31. The standard InChI is InChI=1S/C71H84Br2F2N2O4/c1-42-27-50(74)36-56(54-30-44(70(15,16)40-66(3,4)5)32-60(62(54)78)76-38-46(68(9,10)11)29-47(39-76)69(12,13)14)64(42)80-25-19-20-26-81-65-43(2)28-51(75)37-57(65)55-31-45(71(17,18)41-67(6,7)8)33-61(63(55)79)77-58-34-48(72)21-23-52(58)53-24-22-49(73)35-59(53)77/h21-24,27-39H,19-20,25-26,40-41H2,1-18H3,(H-,78,79)/p+1. The number of unbranched alkanes of at least 4 members (excludes halogenated alkanes) is 1. The third kappa shape index (κ3) is 13.5. The van der Waals surface area contributed by atoms with Crippen LogP contribution in [-0.2, 0) is 21.7 Å². The molecule has 0 bridgehead atoms. The Morgan fingerprint density at radius 3 is 1.30 bits per heavy atom. The molecule has 0 radical (unpaired) electrons. The van der Waals surface area contributed by atoms with Crippen LogP contribution in [0.2, 0.25) is 0 Å². The van der Waals surface area contributed by atoms with Crippen molar-refractivity contribution in [3.05, 3.63) is 157 Å². The Morgan fingerprint density at radius 2 is 0.889 bits per heavy atom. The monoisotopic (exact) mass is 1230 g/mol. The van der Waals surface area contributed by atoms with Crippen LogP contribution in [0.15, 0.2) is 112 Å². The third-order valence-corrected chi connectivity index (χ3v) is 16.6. The molecule has 0 saturated heterocycles. The van der Waals surface area contributed by atoms with E-state index in [1.165, 1.54) is 24.3 Å². The third-order valence-electron chi connectivity index (χ3n) is 15.6. The second-order valence-corrected chi connectivity index (χ2v) is 30.3. The van der Waals surface area contributed by atoms with E-state index in [1.807, 2.05) is 42.7 Å². The highest BCUT2D eigenvalue weighted by Gasteiger charge is 2.35. The summed E-state index contributed by atoms with van der Waals surface area (Å²) in [6, 6.07) is 28.7. The minimum atomic E-state index is -0.438. The molecule has 81 heavy (non-hydrogen) atoms. The second-order valence-electron chi connectivity index (χ2n) is 28.5. The van der Waals surface area contributed by atoms with Crippen molar-refractivity contribution in [3.63, 3.8) is 0 Å². The molecule has 0 unspecified atom stereocenters. The quantitative estimate of drug-likeness (QED) is 0.0793. The SMILES string of the molecule is Cc1cc(F)cc(-c2cc(C(C)(C)CC(C)(C)C)cc(-n3c4cc(Br)ccc4c4ccc(Br)cc43)c2O)c1OCCCCOc1c(C)cc(F)cc1-c1cc(C(C)(C)CC(C)(C)C)cc(-[n+]2cc(C(C)(C)C)cc(C(C)(C)C)c2)c1O. The molecule has 2 aromatic heterocycles. The molecule has 6 aromatic carbocycles. The highest BCUT2D eigenvalue weighted by Crippen LogP contribution is 2.49. The van der Waals surface area contributed by atoms with E-state index in [4.69, 9.17) is 9.47 Å². The Kier molecular flexibility index (Phi) is 17.0. The van der Waals surface area contributed by atoms with Gasteiger partial charge in [-0.2, -0.15) is 4.57 Å². The number of phenols is 2. The molecule has 430 valence electrons. The van der Waals surface area contributed by atoms with Crippen molar-refractivity contribution in [1.29, 1.82) is 0 Å². The molecule has 0 amide bonds. The van der Waals surface area contributed by atoms with Crippen LogP contribution >= 0.6 is 31.9 Å². The van der Waals surface area contributed by atoms with E-state index in [9.17, 15) is 10.2 Å². The molecule has 10 heteroatoms. The van der Waals surface area contributed by atoms with Gasteiger partial charge in [0.15, 0.2) is 18.1 Å². The highest BCUT2D eigenvalue weighted by atomic mass is 79.9. The van der Waals surface area contributed by atoms with Gasteiger partial charge in [-0.3, -0.25) is 0 Å². The summed E-state index contributed by atoms with van der Waals surface area (Å²) in [5.74, 6) is 0.151. The molecule has 2 heterocycles. The van der Waals surface area contributed by atoms with Gasteiger partial charge < -0.3 is 24.3 Å². The van der Waals surface area contributed by atoms with Gasteiger partial charge in [0.05, 0.1) is 29.9 Å². The zero-order valence-corrected chi connectivity index (χ0v) is 54.3. The fourth-order valence-electron chi connectivity index (χ4n) is 12.2. The molecule has 0 aliphatic carbocycles. The van der Waals surface area contributed by atoms with Crippen LogP contribution in [0.5, 0.6) is 23.0 Å². The second kappa shape index (κ2) is 22.5. The summed E-state index contributed by atoms with van der Waals surface area (Å²) in [5, 5.41) is 27.5. The van der Waals surface area contributed by atoms with Crippen LogP contribution in [0.3, 0.4) is 0 Å². The van der Waals surface area contributed by atoms with Gasteiger partial charge in [0, 0.05) is 59.2 Å². The number of aryl methyl sites for hydroxylation is 2. The number of hydrogen-bond donors (Lipinski definition) is 2. The first-order valence-corrected chi connectivity index (χ1v) is 30.1. The van der Waals surface area contributed by atoms with Crippen LogP contribution in [0.4, 0.5) is 8.78 Å². The van der Waals surface area contributed by atoms with E-state index in [1.54, 1.807) is 0 Å². The normalized spacial score (nSPS) is 13.0. The number of benzene rings is 6. The number of nitrogens with zero attached hydrogens (tertiary/aromatic N) is 2. The Balaban J connectivity index is 1.14. The Morgan fingerprint density at radius 1 is 0.481 bits per heavy atom. The summed E-state index contributed by atoms with van der Waals surface area (Å²) in [4.78, 5) is 0. The number of halogens is 4. The van der Waals surface area contributed by atoms with E-state index >= 15 is 8.78 Å². The average molecular weight is 1230 g/mol. The first-order chi connectivity index (χ1) is 37.4. The van der Waals surface area contributed by atoms with Gasteiger partial charge >= 0.3 is 0 Å². The fraction of sp³-hybridized carbons (Fsp3) is 0.423. The van der Waals surface area contributed by atoms with Gasteiger partial charge in [0.2, 0.25) is 0 Å². The summed E-state index contributed by atoms with van der Waals surface area (Å²) >= 11 is 7.44. The number of pyridine rings is 1. The first kappa shape index (κ1) is 61.4. The lowest BCUT2D eigenvalue weighted by Gasteiger charge is -2.34. The smallest absolute Gasteiger partial charge is 0.253 e. The van der Waals surface area contributed by atoms with Crippen molar-refractivity contribution >= 4 is 53.7 Å². The lowest BCUT2D eigenvalue weighted by Crippen LogP contribution is -2.36. The minimum absolute atomic E-state index is 0.00523. The summed E-state index contributed by atoms with van der Waals surface area (Å²) in [7, 11) is 0. The molecule has 2 N–H and O–H groups in total. The van der Waals surface area contributed by atoms with Crippen molar-refractivity contribution in [2.75, 3.05) is 13.2 Å². The van der Waals surface area contributed by atoms with Crippen molar-refractivity contribution < 1.29 is 33.0 Å². The molecule has 0 atom stereocenters. The Bertz CT molecular complexity index is 3600. The topological polar surface area (TPSA) is 67.7 Å². The van der Waals surface area contributed by atoms with Crippen molar-refractivity contribution in [1.82, 2.24) is 4.57 Å². The molecule has 0 saturated carbocycles. The molecule has 0 aliphatic rings. The fourth-order valence-corrected chi connectivity index (χ4v) is 12.9. The number of ether oxygens (including phenoxy) is 2. The van der Waals surface area contributed by atoms with Crippen molar-refractivity contribution in [2.45, 2.75) is 172 Å². The molecule has 8 rings (SSSR count). The number of aromatic hydroxyl groups is 2. The predicted octanol–water partition coefficient (Wildman–Crippen LogP) is 20.5. The van der Waals surface area contributed by atoms with Crippen LogP contribution in [0, 0.1) is 36.3 Å². The van der Waals surface area contributed by atoms with E-state index < -0.39 is 11.6 Å². The van der Waals surface area contributed by atoms with Crippen molar-refractivity contribution in [2.24, 2.45) is 10.8 Å². The lowest BCUT2D eigenvalue weighted by atomic mass is 9.71. The number of fused-ring (bicyclic) bond motifs is 3. The number of aromatic nitrogens is 2. The average Bonchev–Trinajstić information content (AvgIpc) is 3.92. The highest BCUT2D eigenvalue weighted by molar-refractivity contribution is 9.10. The number of phenolic OH excluding ortho intramolecular Hbond substituents is 2. The lowest BCUT2D eigenvalue weighted by molar-refractivity contribution is -0.597. The molecule has 8 aromatic rings. The molecule has 0 spiro atoms. The van der Waals surface area contributed by atoms with Crippen LogP contribution in [0.1, 0.15) is 170 Å². The summed E-state index contributed by atoms with van der Waals surface area (Å²) < 4.78 is 51.1. The molecule has 0 fully saturated rings. The molecule has 6 nitrogen and oxygen atoms in total. The van der Waals surface area contributed by atoms with Crippen molar-refractivity contribution in [3.8, 4) is 56.6 Å². The van der Waals surface area contributed by atoms with Gasteiger partial charge in [-0.05, 0) is 167 Å². The largest absolute Gasteiger partial charge is 0.505 e. The zero-order valence-electron chi connectivity index (χ0n) is 51.2. The molecule has 0 aliphatic heterocycles. The maximum atomic E-state index is 15.9. The van der Waals surface area contributed by atoms with E-state index in [0.717, 1.165) is 65.8 Å². The Labute approximate surface area is 498 Å². The maximum absolute atomic E-state index is 15.9. The summed E-state index contributed by atoms with van der Waals surface area (Å²) in [6.07, 6.45) is 7.05. The number of hydrogen-bond acceptors (Lipinski definition) is 4. The molecular weight excluding hydrogens is 1140 g/mol. The number of rotatable bonds is 15. The van der Waals surface area contributed by atoms with Gasteiger partial charge in [-0.1, -0.05) is 155 Å². The minimum Gasteiger partial charge on any atom is -0.505 e. The van der Waals surface area contributed by atoms with E-state index in [2.05, 4.69) is 202 Å². The maximum Gasteiger partial charge on any atom is 0.253 e. The zero-order chi connectivity index (χ0) is 59.7. The van der Waals surface area contributed by atoms with Crippen LogP contribution in [0.25, 0.3) is 55.4 Å².